The molecule has 0 aromatic carbocycles. The minimum atomic E-state index is -0.0228. The number of hydrogen-bond donors (Lipinski definition) is 0. The molecule has 0 aromatic rings. The fraction of sp³-hybridized carbons (Fsp3) is 0.769. The molecule has 1 heterocycles. The Morgan fingerprint density at radius 1 is 1.56 bits per heavy atom. The average molecular weight is 225 g/mol. The zero-order chi connectivity index (χ0) is 12.0. The van der Waals surface area contributed by atoms with E-state index in [2.05, 4.69) is 24.8 Å². The molecule has 1 aliphatic heterocycles. The monoisotopic (exact) mass is 225 g/mol. The molecule has 1 saturated heterocycles. The first-order valence-electron chi connectivity index (χ1n) is 6.18. The lowest BCUT2D eigenvalue weighted by Crippen LogP contribution is -2.40. The van der Waals surface area contributed by atoms with Crippen LogP contribution in [0.2, 0.25) is 0 Å². The molecule has 1 aliphatic rings. The van der Waals surface area contributed by atoms with Gasteiger partial charge in [0.15, 0.2) is 0 Å². The highest BCUT2D eigenvalue weighted by molar-refractivity contribution is 5.72. The van der Waals surface area contributed by atoms with Crippen LogP contribution in [0.3, 0.4) is 0 Å². The summed E-state index contributed by atoms with van der Waals surface area (Å²) in [6, 6.07) is 0. The maximum Gasteiger partial charge on any atom is 0.310 e. The molecular formula is C13H23NO2. The molecule has 3 heteroatoms. The fourth-order valence-electron chi connectivity index (χ4n) is 2.10. The zero-order valence-electron chi connectivity index (χ0n) is 10.7. The molecule has 1 fully saturated rings. The van der Waals surface area contributed by atoms with Crippen LogP contribution in [0.15, 0.2) is 11.6 Å². The third-order valence-electron chi connectivity index (χ3n) is 3.09. The molecule has 0 aliphatic carbocycles. The Hall–Kier alpha value is -0.830. The van der Waals surface area contributed by atoms with Gasteiger partial charge in [-0.05, 0) is 40.2 Å². The Labute approximate surface area is 98.5 Å². The van der Waals surface area contributed by atoms with E-state index in [1.54, 1.807) is 0 Å². The van der Waals surface area contributed by atoms with Crippen LogP contribution in [0.25, 0.3) is 0 Å². The number of esters is 1. The van der Waals surface area contributed by atoms with Gasteiger partial charge in [-0.15, -0.1) is 0 Å². The standard InChI is InChI=1S/C13H23NO2/c1-4-11(3)9-14-8-6-7-12(10-14)13(15)16-5-2/h4,12H,5-10H2,1-3H3/b11-4+. The highest BCUT2D eigenvalue weighted by atomic mass is 16.5. The van der Waals surface area contributed by atoms with E-state index in [1.807, 2.05) is 6.92 Å². The zero-order valence-corrected chi connectivity index (χ0v) is 10.7. The average Bonchev–Trinajstić information content (AvgIpc) is 2.29. The largest absolute Gasteiger partial charge is 0.466 e. The Bertz CT molecular complexity index is 261. The number of likely N-dealkylation sites (tertiary alicyclic amines) is 1. The number of rotatable bonds is 4. The Morgan fingerprint density at radius 2 is 2.31 bits per heavy atom. The molecule has 0 bridgehead atoms. The fourth-order valence-corrected chi connectivity index (χ4v) is 2.10. The molecule has 92 valence electrons. The summed E-state index contributed by atoms with van der Waals surface area (Å²) in [5.41, 5.74) is 1.37. The molecule has 0 radical (unpaired) electrons. The van der Waals surface area contributed by atoms with Crippen LogP contribution < -0.4 is 0 Å². The number of piperidine rings is 1. The predicted molar refractivity (Wildman–Crippen MR) is 65.2 cm³/mol. The number of carbonyl (C=O) groups excluding carboxylic acids is 1. The summed E-state index contributed by atoms with van der Waals surface area (Å²) in [7, 11) is 0. The Kier molecular flexibility index (Phi) is 5.53. The van der Waals surface area contributed by atoms with E-state index in [0.29, 0.717) is 6.61 Å². The quantitative estimate of drug-likeness (QED) is 0.543. The van der Waals surface area contributed by atoms with E-state index in [0.717, 1.165) is 32.5 Å². The van der Waals surface area contributed by atoms with E-state index in [9.17, 15) is 4.79 Å². The molecule has 3 nitrogen and oxygen atoms in total. The Morgan fingerprint density at radius 3 is 2.94 bits per heavy atom. The second kappa shape index (κ2) is 6.69. The van der Waals surface area contributed by atoms with Crippen molar-refractivity contribution in [1.29, 1.82) is 0 Å². The summed E-state index contributed by atoms with van der Waals surface area (Å²) in [5, 5.41) is 0. The van der Waals surface area contributed by atoms with Crippen LogP contribution in [-0.4, -0.2) is 37.1 Å². The van der Waals surface area contributed by atoms with Gasteiger partial charge in [0.05, 0.1) is 12.5 Å². The van der Waals surface area contributed by atoms with Gasteiger partial charge in [0, 0.05) is 13.1 Å². The maximum atomic E-state index is 11.6. The third kappa shape index (κ3) is 3.97. The summed E-state index contributed by atoms with van der Waals surface area (Å²) in [4.78, 5) is 14.0. The summed E-state index contributed by atoms with van der Waals surface area (Å²) in [6.45, 7) is 9.47. The SMILES string of the molecule is C/C=C(\C)CN1CCCC(C(=O)OCC)C1. The number of allylic oxidation sites excluding steroid dienone is 1. The molecule has 16 heavy (non-hydrogen) atoms. The normalized spacial score (nSPS) is 23.2. The van der Waals surface area contributed by atoms with Gasteiger partial charge in [-0.25, -0.2) is 0 Å². The molecule has 0 saturated carbocycles. The number of hydrogen-bond acceptors (Lipinski definition) is 3. The molecule has 0 N–H and O–H groups in total. The summed E-state index contributed by atoms with van der Waals surface area (Å²) in [5.74, 6) is 0.0590. The van der Waals surface area contributed by atoms with Crippen molar-refractivity contribution in [2.24, 2.45) is 5.92 Å². The van der Waals surface area contributed by atoms with Gasteiger partial charge in [-0.1, -0.05) is 11.6 Å². The summed E-state index contributed by atoms with van der Waals surface area (Å²) in [6.07, 6.45) is 4.21. The minimum Gasteiger partial charge on any atom is -0.466 e. The van der Waals surface area contributed by atoms with Crippen molar-refractivity contribution in [3.8, 4) is 0 Å². The summed E-state index contributed by atoms with van der Waals surface area (Å²) >= 11 is 0. The van der Waals surface area contributed by atoms with Gasteiger partial charge >= 0.3 is 5.97 Å². The second-order valence-corrected chi connectivity index (χ2v) is 4.46. The van der Waals surface area contributed by atoms with E-state index in [4.69, 9.17) is 4.74 Å². The van der Waals surface area contributed by atoms with Crippen LogP contribution >= 0.6 is 0 Å². The van der Waals surface area contributed by atoms with Crippen molar-refractivity contribution in [3.63, 3.8) is 0 Å². The van der Waals surface area contributed by atoms with Gasteiger partial charge in [0.25, 0.3) is 0 Å². The number of carbonyl (C=O) groups is 1. The highest BCUT2D eigenvalue weighted by Gasteiger charge is 2.26. The van der Waals surface area contributed by atoms with Crippen LogP contribution in [0.4, 0.5) is 0 Å². The van der Waals surface area contributed by atoms with Crippen LogP contribution in [0.1, 0.15) is 33.6 Å². The first-order valence-corrected chi connectivity index (χ1v) is 6.18. The molecule has 0 spiro atoms. The molecule has 1 unspecified atom stereocenters. The van der Waals surface area contributed by atoms with E-state index >= 15 is 0 Å². The van der Waals surface area contributed by atoms with Gasteiger partial charge in [-0.3, -0.25) is 9.69 Å². The maximum absolute atomic E-state index is 11.6. The van der Waals surface area contributed by atoms with Crippen LogP contribution in [-0.2, 0) is 9.53 Å². The number of nitrogens with zero attached hydrogens (tertiary/aromatic N) is 1. The van der Waals surface area contributed by atoms with Crippen LogP contribution in [0, 0.1) is 5.92 Å². The van der Waals surface area contributed by atoms with Crippen molar-refractivity contribution < 1.29 is 9.53 Å². The molecule has 1 atom stereocenters. The Balaban J connectivity index is 2.43. The van der Waals surface area contributed by atoms with E-state index in [1.165, 1.54) is 5.57 Å². The van der Waals surface area contributed by atoms with Crippen molar-refractivity contribution in [2.75, 3.05) is 26.2 Å². The molecule has 0 amide bonds. The topological polar surface area (TPSA) is 29.5 Å². The lowest BCUT2D eigenvalue weighted by atomic mass is 9.98. The first kappa shape index (κ1) is 13.2. The smallest absolute Gasteiger partial charge is 0.310 e. The van der Waals surface area contributed by atoms with Crippen molar-refractivity contribution in [2.45, 2.75) is 33.6 Å². The highest BCUT2D eigenvalue weighted by Crippen LogP contribution is 2.18. The molecule has 0 aromatic heterocycles. The minimum absolute atomic E-state index is 0.0228. The van der Waals surface area contributed by atoms with Gasteiger partial charge < -0.3 is 4.74 Å². The lowest BCUT2D eigenvalue weighted by Gasteiger charge is -2.31. The van der Waals surface area contributed by atoms with Gasteiger partial charge in [0.1, 0.15) is 0 Å². The van der Waals surface area contributed by atoms with Crippen molar-refractivity contribution in [1.82, 2.24) is 4.90 Å². The number of ether oxygens (including phenoxy) is 1. The summed E-state index contributed by atoms with van der Waals surface area (Å²) < 4.78 is 5.08. The molecule has 1 rings (SSSR count). The van der Waals surface area contributed by atoms with Crippen LogP contribution in [0.5, 0.6) is 0 Å². The molecular weight excluding hydrogens is 202 g/mol. The second-order valence-electron chi connectivity index (χ2n) is 4.46. The lowest BCUT2D eigenvalue weighted by molar-refractivity contribution is -0.149. The van der Waals surface area contributed by atoms with Crippen molar-refractivity contribution in [3.05, 3.63) is 11.6 Å². The van der Waals surface area contributed by atoms with Crippen molar-refractivity contribution >= 4 is 5.97 Å². The van der Waals surface area contributed by atoms with E-state index in [-0.39, 0.29) is 11.9 Å². The predicted octanol–water partition coefficient (Wildman–Crippen LogP) is 2.23. The van der Waals surface area contributed by atoms with E-state index < -0.39 is 0 Å². The van der Waals surface area contributed by atoms with Gasteiger partial charge in [-0.2, -0.15) is 0 Å². The third-order valence-corrected chi connectivity index (χ3v) is 3.09. The first-order chi connectivity index (χ1) is 7.67. The van der Waals surface area contributed by atoms with Gasteiger partial charge in [0.2, 0.25) is 0 Å².